The molecule has 1 aromatic carbocycles. The molecular weight excluding hydrogens is 280 g/mol. The van der Waals surface area contributed by atoms with E-state index in [0.717, 1.165) is 11.3 Å². The molecule has 0 fully saturated rings. The highest BCUT2D eigenvalue weighted by molar-refractivity contribution is 5.84. The van der Waals surface area contributed by atoms with Crippen LogP contribution in [0.15, 0.2) is 34.1 Å². The first kappa shape index (κ1) is 15.8. The summed E-state index contributed by atoms with van der Waals surface area (Å²) in [7, 11) is 0. The number of ether oxygens (including phenoxy) is 1. The van der Waals surface area contributed by atoms with Crippen LogP contribution in [0.5, 0.6) is 11.5 Å². The minimum atomic E-state index is -0.123. The predicted octanol–water partition coefficient (Wildman–Crippen LogP) is 2.72. The van der Waals surface area contributed by atoms with E-state index < -0.39 is 0 Å². The molecule has 0 radical (unpaired) electrons. The summed E-state index contributed by atoms with van der Waals surface area (Å²) in [6.07, 6.45) is 1.55. The van der Waals surface area contributed by atoms with Gasteiger partial charge in [0.2, 0.25) is 0 Å². The molecule has 1 heterocycles. The number of hydrogen-bond acceptors (Lipinski definition) is 4. The first-order valence-electron chi connectivity index (χ1n) is 7.17. The summed E-state index contributed by atoms with van der Waals surface area (Å²) < 4.78 is 5.33. The minimum absolute atomic E-state index is 0.0580. The fourth-order valence-corrected chi connectivity index (χ4v) is 2.23. The third kappa shape index (κ3) is 3.55. The van der Waals surface area contributed by atoms with Crippen LogP contribution in [0.2, 0.25) is 0 Å². The minimum Gasteiger partial charge on any atom is -0.504 e. The summed E-state index contributed by atoms with van der Waals surface area (Å²) in [5.74, 6) is 0.485. The molecule has 0 aliphatic rings. The number of pyridine rings is 1. The van der Waals surface area contributed by atoms with Crippen molar-refractivity contribution < 1.29 is 9.84 Å². The number of phenolic OH excluding ortho intramolecular Hbond substituents is 1. The van der Waals surface area contributed by atoms with Crippen LogP contribution in [0.4, 0.5) is 0 Å². The molecule has 5 heteroatoms. The molecule has 2 aromatic rings. The Kier molecular flexibility index (Phi) is 4.99. The topological polar surface area (TPSA) is 74.7 Å². The van der Waals surface area contributed by atoms with Gasteiger partial charge in [-0.05, 0) is 44.5 Å². The highest BCUT2D eigenvalue weighted by Gasteiger charge is 2.07. The van der Waals surface area contributed by atoms with Crippen molar-refractivity contribution in [2.75, 3.05) is 6.61 Å². The van der Waals surface area contributed by atoms with Gasteiger partial charge in [-0.2, -0.15) is 0 Å². The fourth-order valence-electron chi connectivity index (χ4n) is 2.23. The molecule has 0 spiro atoms. The molecule has 0 saturated carbocycles. The second-order valence-electron chi connectivity index (χ2n) is 5.04. The Morgan fingerprint density at radius 2 is 2.14 bits per heavy atom. The van der Waals surface area contributed by atoms with Crippen LogP contribution >= 0.6 is 0 Å². The molecule has 0 aliphatic carbocycles. The average Bonchev–Trinajstić information content (AvgIpc) is 2.45. The first-order valence-corrected chi connectivity index (χ1v) is 7.17. The molecule has 0 amide bonds. The number of aromatic nitrogens is 1. The molecule has 0 unspecified atom stereocenters. The van der Waals surface area contributed by atoms with E-state index in [0.29, 0.717) is 23.5 Å². The second-order valence-corrected chi connectivity index (χ2v) is 5.04. The SMILES string of the molecule is CCOc1cccc(C=NCc2c(C)cc(C)[nH]c2=O)c1O. The summed E-state index contributed by atoms with van der Waals surface area (Å²) >= 11 is 0. The zero-order valence-corrected chi connectivity index (χ0v) is 13.0. The van der Waals surface area contributed by atoms with E-state index in [2.05, 4.69) is 9.98 Å². The standard InChI is InChI=1S/C17H20N2O3/c1-4-22-15-7-5-6-13(16(15)20)9-18-10-14-11(2)8-12(3)19-17(14)21/h5-9,20H,4,10H2,1-3H3,(H,19,21). The summed E-state index contributed by atoms with van der Waals surface area (Å²) in [6.45, 7) is 6.33. The van der Waals surface area contributed by atoms with Gasteiger partial charge in [-0.25, -0.2) is 0 Å². The summed E-state index contributed by atoms with van der Waals surface area (Å²) in [6, 6.07) is 7.15. The van der Waals surface area contributed by atoms with E-state index in [-0.39, 0.29) is 17.9 Å². The Balaban J connectivity index is 2.21. The predicted molar refractivity (Wildman–Crippen MR) is 87.1 cm³/mol. The maximum absolute atomic E-state index is 11.9. The molecule has 22 heavy (non-hydrogen) atoms. The lowest BCUT2D eigenvalue weighted by atomic mass is 10.1. The lowest BCUT2D eigenvalue weighted by molar-refractivity contribution is 0.318. The molecule has 0 atom stereocenters. The third-order valence-electron chi connectivity index (χ3n) is 3.30. The van der Waals surface area contributed by atoms with Gasteiger partial charge in [-0.3, -0.25) is 9.79 Å². The Morgan fingerprint density at radius 1 is 1.36 bits per heavy atom. The molecule has 2 rings (SSSR count). The van der Waals surface area contributed by atoms with E-state index in [1.807, 2.05) is 26.8 Å². The van der Waals surface area contributed by atoms with E-state index in [1.54, 1.807) is 24.4 Å². The number of nitrogens with one attached hydrogen (secondary N) is 1. The van der Waals surface area contributed by atoms with Crippen molar-refractivity contribution in [3.05, 3.63) is 57.0 Å². The van der Waals surface area contributed by atoms with Crippen molar-refractivity contribution in [1.29, 1.82) is 0 Å². The van der Waals surface area contributed by atoms with Gasteiger partial charge in [0.15, 0.2) is 11.5 Å². The van der Waals surface area contributed by atoms with Crippen LogP contribution in [0.25, 0.3) is 0 Å². The van der Waals surface area contributed by atoms with Crippen LogP contribution in [-0.2, 0) is 6.54 Å². The summed E-state index contributed by atoms with van der Waals surface area (Å²) in [5, 5.41) is 10.1. The van der Waals surface area contributed by atoms with Crippen LogP contribution in [-0.4, -0.2) is 22.9 Å². The fraction of sp³-hybridized carbons (Fsp3) is 0.294. The lowest BCUT2D eigenvalue weighted by Crippen LogP contribution is -2.15. The summed E-state index contributed by atoms with van der Waals surface area (Å²) in [5.41, 5.74) is 2.80. The molecule has 5 nitrogen and oxygen atoms in total. The number of nitrogens with zero attached hydrogens (tertiary/aromatic N) is 1. The van der Waals surface area contributed by atoms with Gasteiger partial charge in [-0.1, -0.05) is 6.07 Å². The van der Waals surface area contributed by atoms with Gasteiger partial charge in [-0.15, -0.1) is 0 Å². The van der Waals surface area contributed by atoms with E-state index >= 15 is 0 Å². The molecule has 116 valence electrons. The number of aromatic hydroxyl groups is 1. The largest absolute Gasteiger partial charge is 0.504 e. The van der Waals surface area contributed by atoms with Crippen LogP contribution in [0.3, 0.4) is 0 Å². The maximum Gasteiger partial charge on any atom is 0.253 e. The van der Waals surface area contributed by atoms with Crippen LogP contribution in [0.1, 0.15) is 29.3 Å². The van der Waals surface area contributed by atoms with Crippen LogP contribution < -0.4 is 10.3 Å². The number of para-hydroxylation sites is 1. The van der Waals surface area contributed by atoms with Crippen molar-refractivity contribution in [3.8, 4) is 11.5 Å². The Morgan fingerprint density at radius 3 is 2.82 bits per heavy atom. The van der Waals surface area contributed by atoms with Gasteiger partial charge in [0.1, 0.15) is 0 Å². The maximum atomic E-state index is 11.9. The number of rotatable bonds is 5. The van der Waals surface area contributed by atoms with Gasteiger partial charge in [0.05, 0.1) is 13.2 Å². The zero-order chi connectivity index (χ0) is 16.1. The molecule has 0 saturated heterocycles. The smallest absolute Gasteiger partial charge is 0.253 e. The van der Waals surface area contributed by atoms with Crippen molar-refractivity contribution in [2.24, 2.45) is 4.99 Å². The van der Waals surface area contributed by atoms with E-state index in [1.165, 1.54) is 0 Å². The third-order valence-corrected chi connectivity index (χ3v) is 3.30. The van der Waals surface area contributed by atoms with Crippen molar-refractivity contribution in [3.63, 3.8) is 0 Å². The van der Waals surface area contributed by atoms with Crippen LogP contribution in [0, 0.1) is 13.8 Å². The lowest BCUT2D eigenvalue weighted by Gasteiger charge is -2.07. The Hall–Kier alpha value is -2.56. The van der Waals surface area contributed by atoms with Crippen molar-refractivity contribution >= 4 is 6.21 Å². The van der Waals surface area contributed by atoms with Gasteiger partial charge >= 0.3 is 0 Å². The van der Waals surface area contributed by atoms with E-state index in [9.17, 15) is 9.90 Å². The Bertz CT molecular complexity index is 748. The number of benzene rings is 1. The number of aromatic amines is 1. The normalized spacial score (nSPS) is 11.0. The summed E-state index contributed by atoms with van der Waals surface area (Å²) in [4.78, 5) is 18.9. The van der Waals surface area contributed by atoms with Crippen molar-refractivity contribution in [2.45, 2.75) is 27.3 Å². The monoisotopic (exact) mass is 300 g/mol. The highest BCUT2D eigenvalue weighted by atomic mass is 16.5. The number of phenols is 1. The molecule has 0 aliphatic heterocycles. The highest BCUT2D eigenvalue weighted by Crippen LogP contribution is 2.28. The molecular formula is C17H20N2O3. The molecule has 0 bridgehead atoms. The first-order chi connectivity index (χ1) is 10.5. The van der Waals surface area contributed by atoms with E-state index in [4.69, 9.17) is 4.74 Å². The van der Waals surface area contributed by atoms with Crippen molar-refractivity contribution in [1.82, 2.24) is 4.98 Å². The number of aryl methyl sites for hydroxylation is 2. The quantitative estimate of drug-likeness (QED) is 0.834. The number of aliphatic imine (C=N–C) groups is 1. The number of H-pyrrole nitrogens is 1. The zero-order valence-electron chi connectivity index (χ0n) is 13.0. The number of hydrogen-bond donors (Lipinski definition) is 2. The molecule has 1 aromatic heterocycles. The average molecular weight is 300 g/mol. The van der Waals surface area contributed by atoms with Gasteiger partial charge < -0.3 is 14.8 Å². The second kappa shape index (κ2) is 6.93. The van der Waals surface area contributed by atoms with Gasteiger partial charge in [0, 0.05) is 23.0 Å². The molecule has 2 N–H and O–H groups in total. The Labute approximate surface area is 129 Å². The van der Waals surface area contributed by atoms with Gasteiger partial charge in [0.25, 0.3) is 5.56 Å².